The number of aromatic nitrogens is 4. The molecule has 0 bridgehead atoms. The second-order valence-corrected chi connectivity index (χ2v) is 5.25. The maximum absolute atomic E-state index is 6.28. The average Bonchev–Trinajstić information content (AvgIpc) is 2.94. The molecule has 5 heteroatoms. The van der Waals surface area contributed by atoms with Crippen molar-refractivity contribution in [2.75, 3.05) is 0 Å². The molecule has 1 unspecified atom stereocenters. The molecule has 1 atom stereocenters. The van der Waals surface area contributed by atoms with Crippen molar-refractivity contribution in [1.29, 1.82) is 0 Å². The number of nitrogens with two attached hydrogens (primary N) is 1. The number of benzene rings is 1. The molecule has 0 aliphatic rings. The lowest BCUT2D eigenvalue weighted by atomic mass is 10.1. The van der Waals surface area contributed by atoms with Crippen molar-refractivity contribution in [2.45, 2.75) is 25.9 Å². The monoisotopic (exact) mass is 269 g/mol. The zero-order valence-corrected chi connectivity index (χ0v) is 11.8. The van der Waals surface area contributed by atoms with Crippen molar-refractivity contribution < 1.29 is 0 Å². The van der Waals surface area contributed by atoms with Crippen LogP contribution in [-0.2, 0) is 20.0 Å². The van der Waals surface area contributed by atoms with Gasteiger partial charge in [0.05, 0.1) is 23.1 Å². The summed E-state index contributed by atoms with van der Waals surface area (Å²) >= 11 is 0. The van der Waals surface area contributed by atoms with Gasteiger partial charge in [0.2, 0.25) is 0 Å². The van der Waals surface area contributed by atoms with E-state index in [4.69, 9.17) is 5.73 Å². The summed E-state index contributed by atoms with van der Waals surface area (Å²) in [6.45, 7) is 2.75. The minimum absolute atomic E-state index is 0.0439. The van der Waals surface area contributed by atoms with E-state index in [1.54, 1.807) is 0 Å². The van der Waals surface area contributed by atoms with Gasteiger partial charge in [-0.05, 0) is 25.1 Å². The molecule has 0 saturated heterocycles. The SMILES string of the molecule is Cc1cc(CC(N)Cn2cnc3ccccc32)n(C)n1. The van der Waals surface area contributed by atoms with Crippen LogP contribution in [0.2, 0.25) is 0 Å². The summed E-state index contributed by atoms with van der Waals surface area (Å²) < 4.78 is 4.02. The van der Waals surface area contributed by atoms with Crippen molar-refractivity contribution in [3.8, 4) is 0 Å². The average molecular weight is 269 g/mol. The number of hydrogen-bond donors (Lipinski definition) is 1. The quantitative estimate of drug-likeness (QED) is 0.783. The van der Waals surface area contributed by atoms with Crippen LogP contribution in [0.25, 0.3) is 11.0 Å². The molecule has 3 rings (SSSR count). The highest BCUT2D eigenvalue weighted by molar-refractivity contribution is 5.74. The summed E-state index contributed by atoms with van der Waals surface area (Å²) in [6, 6.07) is 10.2. The molecule has 2 aromatic heterocycles. The highest BCUT2D eigenvalue weighted by Crippen LogP contribution is 2.13. The maximum atomic E-state index is 6.28. The summed E-state index contributed by atoms with van der Waals surface area (Å²) in [5.41, 5.74) is 10.6. The number of para-hydroxylation sites is 2. The van der Waals surface area contributed by atoms with Crippen LogP contribution in [0.15, 0.2) is 36.7 Å². The zero-order chi connectivity index (χ0) is 14.1. The first-order valence-electron chi connectivity index (χ1n) is 6.78. The fraction of sp³-hybridized carbons (Fsp3) is 0.333. The van der Waals surface area contributed by atoms with Crippen molar-refractivity contribution in [1.82, 2.24) is 19.3 Å². The van der Waals surface area contributed by atoms with Crippen molar-refractivity contribution in [3.05, 3.63) is 48.0 Å². The zero-order valence-electron chi connectivity index (χ0n) is 11.8. The molecule has 2 N–H and O–H groups in total. The van der Waals surface area contributed by atoms with Crippen LogP contribution < -0.4 is 5.73 Å². The van der Waals surface area contributed by atoms with Gasteiger partial charge in [0, 0.05) is 31.7 Å². The molecule has 20 heavy (non-hydrogen) atoms. The van der Waals surface area contributed by atoms with Crippen molar-refractivity contribution in [2.24, 2.45) is 12.8 Å². The first-order chi connectivity index (χ1) is 9.63. The Morgan fingerprint density at radius 2 is 2.10 bits per heavy atom. The normalized spacial score (nSPS) is 12.9. The maximum Gasteiger partial charge on any atom is 0.0958 e. The Labute approximate surface area is 118 Å². The topological polar surface area (TPSA) is 61.7 Å². The van der Waals surface area contributed by atoms with Gasteiger partial charge in [-0.15, -0.1) is 0 Å². The van der Waals surface area contributed by atoms with Gasteiger partial charge in [-0.25, -0.2) is 4.98 Å². The molecule has 0 spiro atoms. The molecular weight excluding hydrogens is 250 g/mol. The first-order valence-corrected chi connectivity index (χ1v) is 6.78. The molecule has 5 nitrogen and oxygen atoms in total. The van der Waals surface area contributed by atoms with Gasteiger partial charge >= 0.3 is 0 Å². The molecule has 0 aliphatic carbocycles. The minimum atomic E-state index is 0.0439. The third-order valence-corrected chi connectivity index (χ3v) is 3.53. The van der Waals surface area contributed by atoms with Gasteiger partial charge in [0.25, 0.3) is 0 Å². The van der Waals surface area contributed by atoms with E-state index in [1.165, 1.54) is 5.69 Å². The van der Waals surface area contributed by atoms with E-state index in [-0.39, 0.29) is 6.04 Å². The standard InChI is InChI=1S/C15H19N5/c1-11-7-13(19(2)18-11)8-12(16)9-20-10-17-14-5-3-4-6-15(14)20/h3-7,10,12H,8-9,16H2,1-2H3. The predicted octanol–water partition coefficient (Wildman–Crippen LogP) is 1.65. The number of nitrogens with zero attached hydrogens (tertiary/aromatic N) is 4. The van der Waals surface area contributed by atoms with Crippen LogP contribution in [0.3, 0.4) is 0 Å². The van der Waals surface area contributed by atoms with Gasteiger partial charge in [0.1, 0.15) is 0 Å². The van der Waals surface area contributed by atoms with Crippen LogP contribution in [0.1, 0.15) is 11.4 Å². The second-order valence-electron chi connectivity index (χ2n) is 5.25. The third-order valence-electron chi connectivity index (χ3n) is 3.53. The molecular formula is C15H19N5. The number of hydrogen-bond acceptors (Lipinski definition) is 3. The highest BCUT2D eigenvalue weighted by atomic mass is 15.3. The van der Waals surface area contributed by atoms with Gasteiger partial charge in [-0.1, -0.05) is 12.1 Å². The Bertz CT molecular complexity index is 725. The molecule has 0 saturated carbocycles. The Morgan fingerprint density at radius 1 is 1.30 bits per heavy atom. The summed E-state index contributed by atoms with van der Waals surface area (Å²) in [5, 5.41) is 4.35. The lowest BCUT2D eigenvalue weighted by Crippen LogP contribution is -2.29. The lowest BCUT2D eigenvalue weighted by molar-refractivity contribution is 0.539. The number of fused-ring (bicyclic) bond motifs is 1. The molecule has 0 radical (unpaired) electrons. The molecule has 1 aromatic carbocycles. The Hall–Kier alpha value is -2.14. The molecule has 2 heterocycles. The van der Waals surface area contributed by atoms with E-state index >= 15 is 0 Å². The fourth-order valence-electron chi connectivity index (χ4n) is 2.60. The Balaban J connectivity index is 1.76. The van der Waals surface area contributed by atoms with Crippen LogP contribution in [-0.4, -0.2) is 25.4 Å². The van der Waals surface area contributed by atoms with E-state index in [2.05, 4.69) is 26.8 Å². The van der Waals surface area contributed by atoms with Crippen LogP contribution >= 0.6 is 0 Å². The molecule has 3 aromatic rings. The highest BCUT2D eigenvalue weighted by Gasteiger charge is 2.11. The predicted molar refractivity (Wildman–Crippen MR) is 79.4 cm³/mol. The lowest BCUT2D eigenvalue weighted by Gasteiger charge is -2.13. The molecule has 0 aliphatic heterocycles. The third kappa shape index (κ3) is 2.44. The summed E-state index contributed by atoms with van der Waals surface area (Å²) in [7, 11) is 1.96. The van der Waals surface area contributed by atoms with Crippen molar-refractivity contribution >= 4 is 11.0 Å². The minimum Gasteiger partial charge on any atom is -0.329 e. The van der Waals surface area contributed by atoms with E-state index < -0.39 is 0 Å². The summed E-state index contributed by atoms with van der Waals surface area (Å²) in [4.78, 5) is 4.39. The smallest absolute Gasteiger partial charge is 0.0958 e. The molecule has 0 amide bonds. The summed E-state index contributed by atoms with van der Waals surface area (Å²) in [5.74, 6) is 0. The Morgan fingerprint density at radius 3 is 2.85 bits per heavy atom. The number of rotatable bonds is 4. The van der Waals surface area contributed by atoms with E-state index in [9.17, 15) is 0 Å². The van der Waals surface area contributed by atoms with Gasteiger partial charge in [0.15, 0.2) is 0 Å². The van der Waals surface area contributed by atoms with Gasteiger partial charge < -0.3 is 10.3 Å². The molecule has 104 valence electrons. The van der Waals surface area contributed by atoms with Crippen LogP contribution in [0, 0.1) is 6.92 Å². The van der Waals surface area contributed by atoms with E-state index in [1.807, 2.05) is 43.2 Å². The van der Waals surface area contributed by atoms with Crippen LogP contribution in [0.5, 0.6) is 0 Å². The summed E-state index contributed by atoms with van der Waals surface area (Å²) in [6.07, 6.45) is 2.67. The fourth-order valence-corrected chi connectivity index (χ4v) is 2.60. The second kappa shape index (κ2) is 5.09. The molecule has 0 fully saturated rings. The number of imidazole rings is 1. The Kier molecular flexibility index (Phi) is 3.28. The van der Waals surface area contributed by atoms with Crippen molar-refractivity contribution in [3.63, 3.8) is 0 Å². The van der Waals surface area contributed by atoms with E-state index in [0.717, 1.165) is 29.7 Å². The van der Waals surface area contributed by atoms with E-state index in [0.29, 0.717) is 0 Å². The van der Waals surface area contributed by atoms with Gasteiger partial charge in [-0.3, -0.25) is 4.68 Å². The largest absolute Gasteiger partial charge is 0.329 e. The van der Waals surface area contributed by atoms with Gasteiger partial charge in [-0.2, -0.15) is 5.10 Å². The van der Waals surface area contributed by atoms with Crippen LogP contribution in [0.4, 0.5) is 0 Å². The number of aryl methyl sites for hydroxylation is 2. The first kappa shape index (κ1) is 12.9.